The van der Waals surface area contributed by atoms with Crippen molar-refractivity contribution in [1.82, 2.24) is 4.31 Å². The quantitative estimate of drug-likeness (QED) is 0.779. The summed E-state index contributed by atoms with van der Waals surface area (Å²) < 4.78 is 32.3. The smallest absolute Gasteiger partial charge is 0.243 e. The van der Waals surface area contributed by atoms with Crippen molar-refractivity contribution in [2.24, 2.45) is 5.92 Å². The summed E-state index contributed by atoms with van der Waals surface area (Å²) in [6.07, 6.45) is 0. The Morgan fingerprint density at radius 2 is 1.65 bits per heavy atom. The molecule has 23 heavy (non-hydrogen) atoms. The number of ether oxygens (including phenoxy) is 1. The topological polar surface area (TPSA) is 46.6 Å². The first-order chi connectivity index (χ1) is 10.9. The van der Waals surface area contributed by atoms with Gasteiger partial charge in [0.05, 0.1) is 18.6 Å². The average Bonchev–Trinajstić information content (AvgIpc) is 2.55. The van der Waals surface area contributed by atoms with Gasteiger partial charge in [-0.1, -0.05) is 44.2 Å². The molecule has 0 amide bonds. The molecular formula is C18H22NO3S. The lowest BCUT2D eigenvalue weighted by atomic mass is 10.2. The van der Waals surface area contributed by atoms with Crippen molar-refractivity contribution in [3.05, 3.63) is 66.7 Å². The van der Waals surface area contributed by atoms with Gasteiger partial charge in [-0.3, -0.25) is 0 Å². The molecule has 0 aliphatic rings. The predicted molar refractivity (Wildman–Crippen MR) is 91.6 cm³/mol. The summed E-state index contributed by atoms with van der Waals surface area (Å²) in [6, 6.07) is 15.9. The number of nitrogens with zero attached hydrogens (tertiary/aromatic N) is 1. The van der Waals surface area contributed by atoms with E-state index < -0.39 is 10.0 Å². The van der Waals surface area contributed by atoms with Crippen molar-refractivity contribution in [2.75, 3.05) is 13.7 Å². The molecule has 0 heterocycles. The van der Waals surface area contributed by atoms with Gasteiger partial charge in [-0.05, 0) is 35.7 Å². The molecule has 0 N–H and O–H groups in total. The van der Waals surface area contributed by atoms with Gasteiger partial charge in [0.15, 0.2) is 0 Å². The van der Waals surface area contributed by atoms with Crippen LogP contribution in [-0.4, -0.2) is 26.4 Å². The van der Waals surface area contributed by atoms with Gasteiger partial charge in [0.1, 0.15) is 5.75 Å². The average molecular weight is 332 g/mol. The van der Waals surface area contributed by atoms with E-state index in [1.807, 2.05) is 44.2 Å². The third kappa shape index (κ3) is 4.56. The second-order valence-corrected chi connectivity index (χ2v) is 7.57. The molecule has 0 atom stereocenters. The third-order valence-corrected chi connectivity index (χ3v) is 5.04. The van der Waals surface area contributed by atoms with Crippen molar-refractivity contribution in [3.8, 4) is 5.75 Å². The van der Waals surface area contributed by atoms with Gasteiger partial charge in [-0.15, -0.1) is 0 Å². The molecule has 1 radical (unpaired) electrons. The van der Waals surface area contributed by atoms with Crippen LogP contribution < -0.4 is 4.74 Å². The van der Waals surface area contributed by atoms with Crippen LogP contribution in [0, 0.1) is 12.5 Å². The molecular weight excluding hydrogens is 310 g/mol. The maximum Gasteiger partial charge on any atom is 0.243 e. The third-order valence-electron chi connectivity index (χ3n) is 3.30. The summed E-state index contributed by atoms with van der Waals surface area (Å²) in [6.45, 7) is 6.09. The Morgan fingerprint density at radius 1 is 1.04 bits per heavy atom. The van der Waals surface area contributed by atoms with Crippen LogP contribution >= 0.6 is 0 Å². The molecule has 0 saturated heterocycles. The number of hydrogen-bond acceptors (Lipinski definition) is 3. The number of rotatable bonds is 7. The standard InChI is InChI=1S/C18H22NO3S/c1-15(2)13-19(14-16-7-5-4-6-8-16)23(20,21)18-11-9-17(22-3)10-12-18/h4-12,14-15H,13H2,1-3H3. The molecule has 4 nitrogen and oxygen atoms in total. The van der Waals surface area contributed by atoms with Gasteiger partial charge in [-0.25, -0.2) is 8.42 Å². The Kier molecular flexibility index (Phi) is 5.80. The van der Waals surface area contributed by atoms with Gasteiger partial charge in [0, 0.05) is 6.54 Å². The number of sulfonamides is 1. The minimum atomic E-state index is -3.60. The van der Waals surface area contributed by atoms with E-state index in [2.05, 4.69) is 0 Å². The van der Waals surface area contributed by atoms with E-state index in [1.54, 1.807) is 37.9 Å². The fourth-order valence-corrected chi connectivity index (χ4v) is 3.67. The maximum absolute atomic E-state index is 12.9. The Morgan fingerprint density at radius 3 is 2.17 bits per heavy atom. The summed E-state index contributed by atoms with van der Waals surface area (Å²) in [5, 5.41) is 0. The van der Waals surface area contributed by atoms with Crippen molar-refractivity contribution >= 4 is 10.0 Å². The summed E-state index contributed by atoms with van der Waals surface area (Å²) in [5.41, 5.74) is 0.852. The minimum absolute atomic E-state index is 0.211. The van der Waals surface area contributed by atoms with Crippen LogP contribution in [0.1, 0.15) is 19.4 Å². The lowest BCUT2D eigenvalue weighted by Crippen LogP contribution is -2.32. The van der Waals surface area contributed by atoms with Crippen molar-refractivity contribution in [2.45, 2.75) is 18.7 Å². The van der Waals surface area contributed by atoms with Gasteiger partial charge in [0.25, 0.3) is 0 Å². The van der Waals surface area contributed by atoms with Gasteiger partial charge >= 0.3 is 0 Å². The lowest BCUT2D eigenvalue weighted by molar-refractivity contribution is 0.413. The molecule has 123 valence electrons. The molecule has 5 heteroatoms. The van der Waals surface area contributed by atoms with Crippen LogP contribution in [0.15, 0.2) is 59.5 Å². The molecule has 2 rings (SSSR count). The number of methoxy groups -OCH3 is 1. The summed E-state index contributed by atoms with van der Waals surface area (Å²) in [4.78, 5) is 0.256. The van der Waals surface area contributed by atoms with Crippen molar-refractivity contribution in [3.63, 3.8) is 0 Å². The first-order valence-electron chi connectivity index (χ1n) is 7.49. The molecule has 0 aliphatic carbocycles. The monoisotopic (exact) mass is 332 g/mol. The molecule has 0 bridgehead atoms. The van der Waals surface area contributed by atoms with E-state index in [4.69, 9.17) is 4.74 Å². The van der Waals surface area contributed by atoms with Crippen molar-refractivity contribution in [1.29, 1.82) is 0 Å². The first kappa shape index (κ1) is 17.5. The Labute approximate surface area is 138 Å². The summed E-state index contributed by atoms with van der Waals surface area (Å²) >= 11 is 0. The van der Waals surface area contributed by atoms with Crippen LogP contribution in [0.5, 0.6) is 5.75 Å². The molecule has 2 aromatic carbocycles. The van der Waals surface area contributed by atoms with E-state index in [1.165, 1.54) is 4.31 Å². The zero-order valence-electron chi connectivity index (χ0n) is 13.6. The Bertz CT molecular complexity index is 710. The first-order valence-corrected chi connectivity index (χ1v) is 8.93. The minimum Gasteiger partial charge on any atom is -0.497 e. The zero-order chi connectivity index (χ0) is 16.9. The van der Waals surface area contributed by atoms with Gasteiger partial charge in [-0.2, -0.15) is 4.31 Å². The highest BCUT2D eigenvalue weighted by Crippen LogP contribution is 2.23. The molecule has 2 aromatic rings. The van der Waals surface area contributed by atoms with Crippen LogP contribution in [0.25, 0.3) is 0 Å². The maximum atomic E-state index is 12.9. The molecule has 0 unspecified atom stereocenters. The fraction of sp³-hybridized carbons (Fsp3) is 0.278. The van der Waals surface area contributed by atoms with Gasteiger partial charge < -0.3 is 4.74 Å². The van der Waals surface area contributed by atoms with Crippen LogP contribution in [0.2, 0.25) is 0 Å². The highest BCUT2D eigenvalue weighted by molar-refractivity contribution is 7.89. The predicted octanol–water partition coefficient (Wildman–Crippen LogP) is 3.55. The van der Waals surface area contributed by atoms with E-state index in [0.29, 0.717) is 12.3 Å². The van der Waals surface area contributed by atoms with Crippen LogP contribution in [0.3, 0.4) is 0 Å². The second-order valence-electron chi connectivity index (χ2n) is 5.68. The van der Waals surface area contributed by atoms with E-state index in [-0.39, 0.29) is 10.8 Å². The highest BCUT2D eigenvalue weighted by atomic mass is 32.2. The Balaban J connectivity index is 2.31. The van der Waals surface area contributed by atoms with Crippen LogP contribution in [-0.2, 0) is 10.0 Å². The van der Waals surface area contributed by atoms with Crippen molar-refractivity contribution < 1.29 is 13.2 Å². The van der Waals surface area contributed by atoms with Gasteiger partial charge in [0.2, 0.25) is 10.0 Å². The largest absolute Gasteiger partial charge is 0.497 e. The summed E-state index contributed by atoms with van der Waals surface area (Å²) in [7, 11) is -2.04. The van der Waals surface area contributed by atoms with E-state index >= 15 is 0 Å². The van der Waals surface area contributed by atoms with E-state index in [9.17, 15) is 8.42 Å². The second kappa shape index (κ2) is 7.62. The molecule has 0 aliphatic heterocycles. The van der Waals surface area contributed by atoms with Crippen LogP contribution in [0.4, 0.5) is 0 Å². The fourth-order valence-electron chi connectivity index (χ4n) is 2.17. The molecule has 0 spiro atoms. The van der Waals surface area contributed by atoms with E-state index in [0.717, 1.165) is 5.56 Å². The summed E-state index contributed by atoms with van der Waals surface area (Å²) in [5.74, 6) is 0.842. The highest BCUT2D eigenvalue weighted by Gasteiger charge is 2.25. The Hall–Kier alpha value is -1.85. The number of hydrogen-bond donors (Lipinski definition) is 0. The zero-order valence-corrected chi connectivity index (χ0v) is 14.5. The molecule has 0 aromatic heterocycles. The molecule has 0 fully saturated rings. The normalized spacial score (nSPS) is 11.9. The molecule has 0 saturated carbocycles. The lowest BCUT2D eigenvalue weighted by Gasteiger charge is -2.23. The SMILES string of the molecule is COc1ccc(S(=O)(=O)N([CH]c2ccccc2)CC(C)C)cc1. The number of benzene rings is 2.